The molecule has 0 bridgehead atoms. The Morgan fingerprint density at radius 3 is 2.41 bits per heavy atom. The molecule has 3 aromatic rings. The molecule has 0 spiro atoms. The summed E-state index contributed by atoms with van der Waals surface area (Å²) in [5.74, 6) is 1.17. The summed E-state index contributed by atoms with van der Waals surface area (Å²) < 4.78 is 16.2. The maximum absolute atomic E-state index is 12.0. The van der Waals surface area contributed by atoms with Crippen LogP contribution >= 0.6 is 0 Å². The molecule has 1 aliphatic heterocycles. The van der Waals surface area contributed by atoms with E-state index in [9.17, 15) is 9.90 Å². The van der Waals surface area contributed by atoms with Crippen LogP contribution in [0.1, 0.15) is 36.7 Å². The van der Waals surface area contributed by atoms with Gasteiger partial charge in [0.25, 0.3) is 5.89 Å². The van der Waals surface area contributed by atoms with Crippen LogP contribution < -0.4 is 4.74 Å². The van der Waals surface area contributed by atoms with Crippen molar-refractivity contribution in [3.05, 3.63) is 53.6 Å². The average Bonchev–Trinajstić information content (AvgIpc) is 3.16. The van der Waals surface area contributed by atoms with Gasteiger partial charge in [0.15, 0.2) is 5.78 Å². The number of ether oxygens (including phenoxy) is 2. The smallest absolute Gasteiger partial charge is 0.258 e. The van der Waals surface area contributed by atoms with Crippen LogP contribution in [-0.2, 0) is 10.3 Å². The molecule has 2 heterocycles. The van der Waals surface area contributed by atoms with Crippen LogP contribution in [0.25, 0.3) is 22.8 Å². The molecule has 0 amide bonds. The van der Waals surface area contributed by atoms with Crippen molar-refractivity contribution in [1.82, 2.24) is 10.1 Å². The lowest BCUT2D eigenvalue weighted by atomic mass is 9.91. The van der Waals surface area contributed by atoms with Gasteiger partial charge in [0.1, 0.15) is 11.4 Å². The Hall–Kier alpha value is -3.03. The number of benzene rings is 2. The predicted octanol–water partition coefficient (Wildman–Crippen LogP) is 3.61. The van der Waals surface area contributed by atoms with E-state index in [1.54, 1.807) is 18.2 Å². The number of rotatable bonds is 6. The first-order chi connectivity index (χ1) is 13.9. The summed E-state index contributed by atoms with van der Waals surface area (Å²) in [6.07, 6.45) is -0.0403. The Morgan fingerprint density at radius 2 is 1.83 bits per heavy atom. The lowest BCUT2D eigenvalue weighted by Crippen LogP contribution is -2.46. The van der Waals surface area contributed by atoms with Gasteiger partial charge in [-0.1, -0.05) is 29.4 Å². The number of nitrogens with zero attached hydrogens (tertiary/aromatic N) is 2. The Balaban J connectivity index is 1.60. The average molecular weight is 394 g/mol. The zero-order chi connectivity index (χ0) is 20.6. The maximum atomic E-state index is 12.0. The maximum Gasteiger partial charge on any atom is 0.258 e. The van der Waals surface area contributed by atoms with Gasteiger partial charge in [0, 0.05) is 11.1 Å². The van der Waals surface area contributed by atoms with Gasteiger partial charge in [0.2, 0.25) is 5.82 Å². The summed E-state index contributed by atoms with van der Waals surface area (Å²) in [5.41, 5.74) is 1.75. The molecule has 150 valence electrons. The van der Waals surface area contributed by atoms with Crippen molar-refractivity contribution < 1.29 is 23.9 Å². The number of Topliss-reactive ketones (excluding diaryl/α,β-unsaturated/α-hetero) is 1. The highest BCUT2D eigenvalue weighted by Gasteiger charge is 2.37. The lowest BCUT2D eigenvalue weighted by molar-refractivity contribution is -0.184. The molecule has 0 unspecified atom stereocenters. The van der Waals surface area contributed by atoms with Crippen LogP contribution in [0.15, 0.2) is 47.0 Å². The highest BCUT2D eigenvalue weighted by molar-refractivity contribution is 5.97. The van der Waals surface area contributed by atoms with Crippen molar-refractivity contribution in [1.29, 1.82) is 0 Å². The van der Waals surface area contributed by atoms with E-state index in [0.717, 1.165) is 11.1 Å². The summed E-state index contributed by atoms with van der Waals surface area (Å²) in [6, 6.07) is 12.6. The molecular weight excluding hydrogens is 372 g/mol. The highest BCUT2D eigenvalue weighted by atomic mass is 16.5. The number of hydrogen-bond acceptors (Lipinski definition) is 7. The molecule has 1 N–H and O–H groups in total. The van der Waals surface area contributed by atoms with Gasteiger partial charge in [-0.2, -0.15) is 4.98 Å². The first-order valence-electron chi connectivity index (χ1n) is 9.42. The Labute approximate surface area is 168 Å². The molecule has 4 rings (SSSR count). The van der Waals surface area contributed by atoms with E-state index in [4.69, 9.17) is 14.0 Å². The largest absolute Gasteiger partial charge is 0.490 e. The van der Waals surface area contributed by atoms with E-state index >= 15 is 0 Å². The standard InChI is InChI=1S/C22H22N2O5/c1-13(2)28-19-9-6-16(10-18(19)14(3)25)21-23-20(24-29-21)15-4-7-17(8-5-15)22(26)11-27-12-22/h4-10,13,26H,11-12H2,1-3H3. The van der Waals surface area contributed by atoms with Crippen LogP contribution in [0, 0.1) is 0 Å². The summed E-state index contributed by atoms with van der Waals surface area (Å²) in [7, 11) is 0. The van der Waals surface area contributed by atoms with Gasteiger partial charge in [-0.3, -0.25) is 4.79 Å². The fraction of sp³-hybridized carbons (Fsp3) is 0.318. The molecule has 1 aliphatic rings. The van der Waals surface area contributed by atoms with Crippen LogP contribution in [0.2, 0.25) is 0 Å². The molecule has 1 aromatic heterocycles. The van der Waals surface area contributed by atoms with Crippen molar-refractivity contribution >= 4 is 5.78 Å². The third kappa shape index (κ3) is 3.79. The van der Waals surface area contributed by atoms with Gasteiger partial charge in [-0.05, 0) is 44.5 Å². The Morgan fingerprint density at radius 1 is 1.14 bits per heavy atom. The number of aromatic nitrogens is 2. The second-order valence-electron chi connectivity index (χ2n) is 7.46. The fourth-order valence-electron chi connectivity index (χ4n) is 3.14. The van der Waals surface area contributed by atoms with E-state index in [-0.39, 0.29) is 11.9 Å². The van der Waals surface area contributed by atoms with Crippen LogP contribution in [0.5, 0.6) is 5.75 Å². The van der Waals surface area contributed by atoms with Gasteiger partial charge in [-0.25, -0.2) is 0 Å². The molecule has 0 saturated carbocycles. The second kappa shape index (κ2) is 7.42. The molecule has 0 aliphatic carbocycles. The first kappa shape index (κ1) is 19.3. The zero-order valence-corrected chi connectivity index (χ0v) is 16.5. The molecule has 0 radical (unpaired) electrons. The van der Waals surface area contributed by atoms with E-state index in [1.165, 1.54) is 6.92 Å². The Kier molecular flexibility index (Phi) is 4.94. The van der Waals surface area contributed by atoms with E-state index in [0.29, 0.717) is 41.8 Å². The number of ketones is 1. The van der Waals surface area contributed by atoms with Crippen molar-refractivity contribution in [3.8, 4) is 28.6 Å². The normalized spacial score (nSPS) is 15.2. The molecule has 7 heteroatoms. The SMILES string of the molecule is CC(=O)c1cc(-c2nc(-c3ccc(C4(O)COC4)cc3)no2)ccc1OC(C)C. The molecule has 2 aromatic carbocycles. The monoisotopic (exact) mass is 394 g/mol. The number of carbonyl (C=O) groups excluding carboxylic acids is 1. The minimum atomic E-state index is -0.913. The van der Waals surface area contributed by atoms with Crippen LogP contribution in [0.4, 0.5) is 0 Å². The van der Waals surface area contributed by atoms with Crippen molar-refractivity contribution in [2.75, 3.05) is 13.2 Å². The Bertz CT molecular complexity index is 1040. The number of hydrogen-bond donors (Lipinski definition) is 1. The number of aliphatic hydroxyl groups is 1. The summed E-state index contributed by atoms with van der Waals surface area (Å²) in [4.78, 5) is 16.5. The lowest BCUT2D eigenvalue weighted by Gasteiger charge is -2.36. The molecule has 7 nitrogen and oxygen atoms in total. The summed E-state index contributed by atoms with van der Waals surface area (Å²) >= 11 is 0. The predicted molar refractivity (Wildman–Crippen MR) is 106 cm³/mol. The first-order valence-corrected chi connectivity index (χ1v) is 9.42. The van der Waals surface area contributed by atoms with Crippen molar-refractivity contribution in [2.45, 2.75) is 32.5 Å². The quantitative estimate of drug-likeness (QED) is 0.638. The molecule has 1 saturated heterocycles. The topological polar surface area (TPSA) is 94.7 Å². The van der Waals surface area contributed by atoms with Gasteiger partial charge >= 0.3 is 0 Å². The minimum Gasteiger partial charge on any atom is -0.490 e. The fourth-order valence-corrected chi connectivity index (χ4v) is 3.14. The minimum absolute atomic E-state index is 0.0403. The van der Waals surface area contributed by atoms with E-state index in [1.807, 2.05) is 38.1 Å². The van der Waals surface area contributed by atoms with Crippen LogP contribution in [-0.4, -0.2) is 40.3 Å². The van der Waals surface area contributed by atoms with Gasteiger partial charge in [-0.15, -0.1) is 0 Å². The highest BCUT2D eigenvalue weighted by Crippen LogP contribution is 2.32. The second-order valence-corrected chi connectivity index (χ2v) is 7.46. The summed E-state index contributed by atoms with van der Waals surface area (Å²) in [5, 5.41) is 14.4. The third-order valence-corrected chi connectivity index (χ3v) is 4.76. The summed E-state index contributed by atoms with van der Waals surface area (Å²) in [6.45, 7) is 5.91. The van der Waals surface area contributed by atoms with Gasteiger partial charge < -0.3 is 19.1 Å². The van der Waals surface area contributed by atoms with Crippen molar-refractivity contribution in [2.24, 2.45) is 0 Å². The molecular formula is C22H22N2O5. The molecule has 0 atom stereocenters. The molecule has 1 fully saturated rings. The van der Waals surface area contributed by atoms with Crippen LogP contribution in [0.3, 0.4) is 0 Å². The van der Waals surface area contributed by atoms with Crippen molar-refractivity contribution in [3.63, 3.8) is 0 Å². The third-order valence-electron chi connectivity index (χ3n) is 4.76. The van der Waals surface area contributed by atoms with E-state index < -0.39 is 5.60 Å². The van der Waals surface area contributed by atoms with Gasteiger partial charge in [0.05, 0.1) is 24.9 Å². The number of carbonyl (C=O) groups is 1. The van der Waals surface area contributed by atoms with E-state index in [2.05, 4.69) is 10.1 Å². The molecule has 29 heavy (non-hydrogen) atoms. The zero-order valence-electron chi connectivity index (χ0n) is 16.5.